The maximum absolute atomic E-state index is 12.4. The second kappa shape index (κ2) is 4.76. The van der Waals surface area contributed by atoms with Crippen molar-refractivity contribution in [2.24, 2.45) is 0 Å². The lowest BCUT2D eigenvalue weighted by atomic mass is 10.1. The molecule has 1 aliphatic carbocycles. The Balaban J connectivity index is 1.84. The summed E-state index contributed by atoms with van der Waals surface area (Å²) in [5.74, 6) is 0. The number of nitrogens with one attached hydrogen (secondary N) is 1. The van der Waals surface area contributed by atoms with Crippen molar-refractivity contribution in [1.29, 1.82) is 0 Å². The van der Waals surface area contributed by atoms with Crippen molar-refractivity contribution in [3.8, 4) is 0 Å². The number of hydrogen-bond donors (Lipinski definition) is 1. The van der Waals surface area contributed by atoms with Gasteiger partial charge < -0.3 is 5.32 Å². The van der Waals surface area contributed by atoms with E-state index in [9.17, 15) is 8.42 Å². The molecule has 1 aliphatic heterocycles. The van der Waals surface area contributed by atoms with Crippen LogP contribution in [0.4, 0.5) is 0 Å². The van der Waals surface area contributed by atoms with Gasteiger partial charge in [-0.15, -0.1) is 0 Å². The highest BCUT2D eigenvalue weighted by Gasteiger charge is 2.30. The first kappa shape index (κ1) is 12.9. The van der Waals surface area contributed by atoms with Gasteiger partial charge in [0.25, 0.3) is 0 Å². The summed E-state index contributed by atoms with van der Waals surface area (Å²) in [6.45, 7) is 2.42. The van der Waals surface area contributed by atoms with Gasteiger partial charge in [0, 0.05) is 12.6 Å². The number of benzene rings is 1. The van der Waals surface area contributed by atoms with Crippen molar-refractivity contribution >= 4 is 15.9 Å². The zero-order chi connectivity index (χ0) is 13.5. The van der Waals surface area contributed by atoms with E-state index in [1.165, 1.54) is 25.7 Å². The molecule has 4 heteroatoms. The average Bonchev–Trinajstić information content (AvgIpc) is 2.96. The molecular weight excluding hydrogens is 258 g/mol. The molecule has 1 aromatic rings. The van der Waals surface area contributed by atoms with Crippen molar-refractivity contribution in [1.82, 2.24) is 5.32 Å². The summed E-state index contributed by atoms with van der Waals surface area (Å²) >= 11 is 0. The molecule has 0 atom stereocenters. The summed E-state index contributed by atoms with van der Waals surface area (Å²) in [6.07, 6.45) is 6.67. The summed E-state index contributed by atoms with van der Waals surface area (Å²) in [5, 5.41) is 3.39. The first-order chi connectivity index (χ1) is 9.09. The van der Waals surface area contributed by atoms with Gasteiger partial charge in [-0.25, -0.2) is 8.42 Å². The predicted octanol–water partition coefficient (Wildman–Crippen LogP) is 2.66. The van der Waals surface area contributed by atoms with E-state index in [1.54, 1.807) is 6.07 Å². The number of sulfone groups is 1. The van der Waals surface area contributed by atoms with Crippen LogP contribution in [0.5, 0.6) is 0 Å². The Labute approximate surface area is 114 Å². The van der Waals surface area contributed by atoms with Gasteiger partial charge in [0.05, 0.1) is 9.80 Å². The first-order valence-corrected chi connectivity index (χ1v) is 8.36. The zero-order valence-corrected chi connectivity index (χ0v) is 12.0. The SMILES string of the molecule is Cc1cccc2c1C=C(CNC1CCCC1)S2(=O)=O. The summed E-state index contributed by atoms with van der Waals surface area (Å²) < 4.78 is 24.9. The number of hydrogen-bond acceptors (Lipinski definition) is 3. The van der Waals surface area contributed by atoms with E-state index in [0.29, 0.717) is 22.4 Å². The molecule has 1 saturated carbocycles. The van der Waals surface area contributed by atoms with Crippen LogP contribution in [0, 0.1) is 6.92 Å². The Kier molecular flexibility index (Phi) is 3.23. The smallest absolute Gasteiger partial charge is 0.204 e. The normalized spacial score (nSPS) is 21.4. The van der Waals surface area contributed by atoms with Crippen LogP contribution in [-0.4, -0.2) is 21.0 Å². The van der Waals surface area contributed by atoms with Gasteiger partial charge in [-0.05, 0) is 43.0 Å². The van der Waals surface area contributed by atoms with Crippen molar-refractivity contribution in [2.75, 3.05) is 6.54 Å². The summed E-state index contributed by atoms with van der Waals surface area (Å²) in [5.41, 5.74) is 1.89. The van der Waals surface area contributed by atoms with Crippen molar-refractivity contribution in [3.05, 3.63) is 34.2 Å². The Bertz CT molecular complexity index is 626. The minimum absolute atomic E-state index is 0.459. The maximum Gasteiger partial charge on any atom is 0.204 e. The highest BCUT2D eigenvalue weighted by atomic mass is 32.2. The molecule has 0 spiro atoms. The van der Waals surface area contributed by atoms with Gasteiger partial charge in [-0.2, -0.15) is 0 Å². The number of rotatable bonds is 3. The van der Waals surface area contributed by atoms with Gasteiger partial charge in [-0.1, -0.05) is 25.0 Å². The van der Waals surface area contributed by atoms with Crippen LogP contribution in [0.3, 0.4) is 0 Å². The quantitative estimate of drug-likeness (QED) is 0.924. The molecule has 1 N–H and O–H groups in total. The van der Waals surface area contributed by atoms with E-state index in [0.717, 1.165) is 11.1 Å². The molecule has 102 valence electrons. The van der Waals surface area contributed by atoms with E-state index in [1.807, 2.05) is 25.1 Å². The van der Waals surface area contributed by atoms with E-state index in [4.69, 9.17) is 0 Å². The third kappa shape index (κ3) is 2.23. The number of aryl methyl sites for hydroxylation is 1. The first-order valence-electron chi connectivity index (χ1n) is 6.88. The van der Waals surface area contributed by atoms with Crippen LogP contribution in [0.2, 0.25) is 0 Å². The topological polar surface area (TPSA) is 46.2 Å². The van der Waals surface area contributed by atoms with Crippen LogP contribution in [-0.2, 0) is 9.84 Å². The molecule has 0 unspecified atom stereocenters. The van der Waals surface area contributed by atoms with E-state index in [-0.39, 0.29) is 0 Å². The lowest BCUT2D eigenvalue weighted by Gasteiger charge is -2.12. The molecule has 0 saturated heterocycles. The van der Waals surface area contributed by atoms with Gasteiger partial charge in [0.2, 0.25) is 9.84 Å². The average molecular weight is 277 g/mol. The van der Waals surface area contributed by atoms with Crippen LogP contribution >= 0.6 is 0 Å². The molecule has 1 fully saturated rings. The molecule has 3 rings (SSSR count). The van der Waals surface area contributed by atoms with Gasteiger partial charge >= 0.3 is 0 Å². The van der Waals surface area contributed by atoms with E-state index >= 15 is 0 Å². The van der Waals surface area contributed by atoms with Crippen molar-refractivity contribution in [3.63, 3.8) is 0 Å². The van der Waals surface area contributed by atoms with Gasteiger partial charge in [-0.3, -0.25) is 0 Å². The summed E-state index contributed by atoms with van der Waals surface area (Å²) in [6, 6.07) is 5.96. The second-order valence-corrected chi connectivity index (χ2v) is 7.43. The number of fused-ring (bicyclic) bond motifs is 1. The molecular formula is C15H19NO2S. The lowest BCUT2D eigenvalue weighted by Crippen LogP contribution is -2.29. The summed E-state index contributed by atoms with van der Waals surface area (Å²) in [7, 11) is -3.26. The predicted molar refractivity (Wildman–Crippen MR) is 76.6 cm³/mol. The largest absolute Gasteiger partial charge is 0.309 e. The third-order valence-corrected chi connectivity index (χ3v) is 6.03. The second-order valence-electron chi connectivity index (χ2n) is 5.46. The Morgan fingerprint density at radius 3 is 2.68 bits per heavy atom. The monoisotopic (exact) mass is 277 g/mol. The highest BCUT2D eigenvalue weighted by molar-refractivity contribution is 7.95. The molecule has 19 heavy (non-hydrogen) atoms. The molecule has 0 aromatic heterocycles. The minimum Gasteiger partial charge on any atom is -0.309 e. The Morgan fingerprint density at radius 1 is 1.26 bits per heavy atom. The van der Waals surface area contributed by atoms with Crippen molar-refractivity contribution in [2.45, 2.75) is 43.5 Å². The molecule has 3 nitrogen and oxygen atoms in total. The van der Waals surface area contributed by atoms with Crippen LogP contribution in [0.15, 0.2) is 28.0 Å². The van der Waals surface area contributed by atoms with Crippen LogP contribution in [0.25, 0.3) is 6.08 Å². The van der Waals surface area contributed by atoms with Gasteiger partial charge in [0.15, 0.2) is 0 Å². The Hall–Kier alpha value is -1.13. The fraction of sp³-hybridized carbons (Fsp3) is 0.467. The van der Waals surface area contributed by atoms with Gasteiger partial charge in [0.1, 0.15) is 0 Å². The molecule has 0 radical (unpaired) electrons. The molecule has 2 aliphatic rings. The maximum atomic E-state index is 12.4. The molecule has 1 heterocycles. The standard InChI is InChI=1S/C15H19NO2S/c1-11-5-4-8-15-14(11)9-13(19(15,17)18)10-16-12-6-2-3-7-12/h4-5,8-9,12,16H,2-3,6-7,10H2,1H3. The summed E-state index contributed by atoms with van der Waals surface area (Å²) in [4.78, 5) is 0.986. The van der Waals surface area contributed by atoms with Crippen LogP contribution < -0.4 is 5.32 Å². The Morgan fingerprint density at radius 2 is 2.00 bits per heavy atom. The fourth-order valence-electron chi connectivity index (χ4n) is 2.97. The van der Waals surface area contributed by atoms with E-state index in [2.05, 4.69) is 5.32 Å². The zero-order valence-electron chi connectivity index (χ0n) is 11.1. The molecule has 1 aromatic carbocycles. The van der Waals surface area contributed by atoms with Crippen LogP contribution in [0.1, 0.15) is 36.8 Å². The van der Waals surface area contributed by atoms with Crippen molar-refractivity contribution < 1.29 is 8.42 Å². The van der Waals surface area contributed by atoms with E-state index < -0.39 is 9.84 Å². The minimum atomic E-state index is -3.26. The lowest BCUT2D eigenvalue weighted by molar-refractivity contribution is 0.550. The third-order valence-electron chi connectivity index (χ3n) is 4.14. The molecule has 0 amide bonds. The fourth-order valence-corrected chi connectivity index (χ4v) is 4.57. The highest BCUT2D eigenvalue weighted by Crippen LogP contribution is 2.34. The molecule has 0 bridgehead atoms.